The summed E-state index contributed by atoms with van der Waals surface area (Å²) in [4.78, 5) is 0. The van der Waals surface area contributed by atoms with Gasteiger partial charge in [-0.2, -0.15) is 0 Å². The Balaban J connectivity index is 1.72. The monoisotopic (exact) mass is 312 g/mol. The minimum absolute atomic E-state index is 0.0476. The number of ether oxygens (including phenoxy) is 1. The average molecular weight is 312 g/mol. The Morgan fingerprint density at radius 2 is 1.90 bits per heavy atom. The standard InChI is InChI=1S/C15H24N2O3S/c16-14-8-4-5-9-15(14)20-10-11-21(18,19)17-12-13-6-2-1-3-7-13/h4-5,8-9,13,17H,1-3,6-7,10-12,16H2. The molecule has 21 heavy (non-hydrogen) atoms. The first kappa shape index (κ1) is 16.1. The largest absolute Gasteiger partial charge is 0.490 e. The topological polar surface area (TPSA) is 81.4 Å². The van der Waals surface area contributed by atoms with Gasteiger partial charge in [-0.05, 0) is 30.9 Å². The van der Waals surface area contributed by atoms with Crippen LogP contribution in [-0.2, 0) is 10.0 Å². The van der Waals surface area contributed by atoms with Crippen molar-refractivity contribution in [1.29, 1.82) is 0 Å². The fourth-order valence-corrected chi connectivity index (χ4v) is 3.52. The van der Waals surface area contributed by atoms with Crippen LogP contribution in [0.25, 0.3) is 0 Å². The fourth-order valence-electron chi connectivity index (χ4n) is 2.58. The Hall–Kier alpha value is -1.27. The summed E-state index contributed by atoms with van der Waals surface area (Å²) in [6, 6.07) is 7.08. The number of para-hydroxylation sites is 2. The van der Waals surface area contributed by atoms with Gasteiger partial charge in [0.15, 0.2) is 0 Å². The van der Waals surface area contributed by atoms with Crippen molar-refractivity contribution >= 4 is 15.7 Å². The van der Waals surface area contributed by atoms with Crippen LogP contribution >= 0.6 is 0 Å². The van der Waals surface area contributed by atoms with Crippen LogP contribution in [0.2, 0.25) is 0 Å². The lowest BCUT2D eigenvalue weighted by Crippen LogP contribution is -2.33. The first-order chi connectivity index (χ1) is 10.1. The SMILES string of the molecule is Nc1ccccc1OCCS(=O)(=O)NCC1CCCCC1. The van der Waals surface area contributed by atoms with Gasteiger partial charge in [0.2, 0.25) is 10.0 Å². The number of nitrogens with one attached hydrogen (secondary N) is 1. The molecule has 3 N–H and O–H groups in total. The van der Waals surface area contributed by atoms with Crippen LogP contribution in [0.5, 0.6) is 5.75 Å². The second-order valence-electron chi connectivity index (χ2n) is 5.56. The molecule has 0 saturated heterocycles. The van der Waals surface area contributed by atoms with Gasteiger partial charge in [-0.25, -0.2) is 13.1 Å². The first-order valence-electron chi connectivity index (χ1n) is 7.51. The average Bonchev–Trinajstić information content (AvgIpc) is 2.48. The second kappa shape index (κ2) is 7.66. The van der Waals surface area contributed by atoms with Gasteiger partial charge in [-0.3, -0.25) is 0 Å². The molecular weight excluding hydrogens is 288 g/mol. The van der Waals surface area contributed by atoms with Gasteiger partial charge in [-0.15, -0.1) is 0 Å². The highest BCUT2D eigenvalue weighted by Crippen LogP contribution is 2.23. The molecule has 0 amide bonds. The lowest BCUT2D eigenvalue weighted by Gasteiger charge is -2.21. The first-order valence-corrected chi connectivity index (χ1v) is 9.17. The zero-order valence-electron chi connectivity index (χ0n) is 12.3. The number of nitrogens with two attached hydrogens (primary N) is 1. The van der Waals surface area contributed by atoms with Crippen molar-refractivity contribution in [2.45, 2.75) is 32.1 Å². The van der Waals surface area contributed by atoms with Crippen LogP contribution in [0.4, 0.5) is 5.69 Å². The summed E-state index contributed by atoms with van der Waals surface area (Å²) in [5, 5.41) is 0. The predicted octanol–water partition coefficient (Wildman–Crippen LogP) is 2.15. The van der Waals surface area contributed by atoms with Crippen molar-refractivity contribution in [3.05, 3.63) is 24.3 Å². The van der Waals surface area contributed by atoms with Crippen LogP contribution < -0.4 is 15.2 Å². The molecule has 2 rings (SSSR count). The van der Waals surface area contributed by atoms with E-state index in [2.05, 4.69) is 4.72 Å². The summed E-state index contributed by atoms with van der Waals surface area (Å²) in [7, 11) is -3.28. The number of hydrogen-bond acceptors (Lipinski definition) is 4. The molecule has 1 aliphatic rings. The molecule has 6 heteroatoms. The van der Waals surface area contributed by atoms with Crippen molar-refractivity contribution in [2.75, 3.05) is 24.6 Å². The second-order valence-corrected chi connectivity index (χ2v) is 7.48. The third-order valence-electron chi connectivity index (χ3n) is 3.85. The maximum Gasteiger partial charge on any atom is 0.214 e. The molecule has 1 aliphatic carbocycles. The number of hydrogen-bond donors (Lipinski definition) is 2. The summed E-state index contributed by atoms with van der Waals surface area (Å²) in [5.41, 5.74) is 6.26. The van der Waals surface area contributed by atoms with Gasteiger partial charge >= 0.3 is 0 Å². The van der Waals surface area contributed by atoms with Gasteiger partial charge in [0.1, 0.15) is 12.4 Å². The Labute approximate surface area is 126 Å². The molecule has 1 aromatic rings. The third kappa shape index (κ3) is 5.55. The van der Waals surface area contributed by atoms with E-state index in [4.69, 9.17) is 10.5 Å². The van der Waals surface area contributed by atoms with E-state index in [9.17, 15) is 8.42 Å². The lowest BCUT2D eigenvalue weighted by atomic mass is 9.90. The Morgan fingerprint density at radius 3 is 2.62 bits per heavy atom. The zero-order valence-corrected chi connectivity index (χ0v) is 13.1. The molecule has 1 saturated carbocycles. The quantitative estimate of drug-likeness (QED) is 0.756. The van der Waals surface area contributed by atoms with Crippen LogP contribution in [0.15, 0.2) is 24.3 Å². The number of nitrogen functional groups attached to an aromatic ring is 1. The van der Waals surface area contributed by atoms with E-state index in [1.807, 2.05) is 12.1 Å². The number of sulfonamides is 1. The summed E-state index contributed by atoms with van der Waals surface area (Å²) in [6.45, 7) is 0.657. The van der Waals surface area contributed by atoms with Crippen LogP contribution in [-0.4, -0.2) is 27.3 Å². The van der Waals surface area contributed by atoms with Gasteiger partial charge in [0.25, 0.3) is 0 Å². The predicted molar refractivity (Wildman–Crippen MR) is 84.7 cm³/mol. The number of anilines is 1. The molecule has 0 aliphatic heterocycles. The van der Waals surface area contributed by atoms with Gasteiger partial charge in [-0.1, -0.05) is 31.4 Å². The number of rotatable bonds is 7. The molecule has 0 heterocycles. The summed E-state index contributed by atoms with van der Waals surface area (Å²) in [5.74, 6) is 0.966. The van der Waals surface area contributed by atoms with E-state index < -0.39 is 10.0 Å². The molecule has 118 valence electrons. The van der Waals surface area contributed by atoms with E-state index in [-0.39, 0.29) is 12.4 Å². The van der Waals surface area contributed by atoms with Crippen molar-refractivity contribution in [1.82, 2.24) is 4.72 Å². The number of benzene rings is 1. The van der Waals surface area contributed by atoms with E-state index in [1.54, 1.807) is 12.1 Å². The molecule has 0 radical (unpaired) electrons. The molecular formula is C15H24N2O3S. The normalized spacial score (nSPS) is 16.8. The Morgan fingerprint density at radius 1 is 1.19 bits per heavy atom. The van der Waals surface area contributed by atoms with Gasteiger partial charge < -0.3 is 10.5 Å². The molecule has 1 aromatic carbocycles. The minimum Gasteiger partial charge on any atom is -0.490 e. The van der Waals surface area contributed by atoms with E-state index in [0.29, 0.717) is 23.9 Å². The third-order valence-corrected chi connectivity index (χ3v) is 5.16. The van der Waals surface area contributed by atoms with Crippen LogP contribution in [0.1, 0.15) is 32.1 Å². The summed E-state index contributed by atoms with van der Waals surface area (Å²) >= 11 is 0. The molecule has 0 atom stereocenters. The van der Waals surface area contributed by atoms with Gasteiger partial charge in [0.05, 0.1) is 11.4 Å². The zero-order chi connectivity index (χ0) is 15.1. The van der Waals surface area contributed by atoms with Crippen molar-refractivity contribution in [3.63, 3.8) is 0 Å². The fraction of sp³-hybridized carbons (Fsp3) is 0.600. The highest BCUT2D eigenvalue weighted by atomic mass is 32.2. The highest BCUT2D eigenvalue weighted by molar-refractivity contribution is 7.89. The minimum atomic E-state index is -3.28. The molecule has 0 bridgehead atoms. The van der Waals surface area contributed by atoms with Crippen molar-refractivity contribution in [2.24, 2.45) is 5.92 Å². The highest BCUT2D eigenvalue weighted by Gasteiger charge is 2.17. The maximum atomic E-state index is 11.9. The molecule has 0 aromatic heterocycles. The van der Waals surface area contributed by atoms with Gasteiger partial charge in [0, 0.05) is 6.54 Å². The van der Waals surface area contributed by atoms with Crippen molar-refractivity contribution in [3.8, 4) is 5.75 Å². The van der Waals surface area contributed by atoms with Crippen LogP contribution in [0, 0.1) is 5.92 Å². The van der Waals surface area contributed by atoms with Crippen LogP contribution in [0.3, 0.4) is 0 Å². The Kier molecular flexibility index (Phi) is 5.87. The van der Waals surface area contributed by atoms with E-state index in [0.717, 1.165) is 12.8 Å². The maximum absolute atomic E-state index is 11.9. The van der Waals surface area contributed by atoms with E-state index in [1.165, 1.54) is 19.3 Å². The summed E-state index contributed by atoms with van der Waals surface area (Å²) in [6.07, 6.45) is 5.94. The molecule has 1 fully saturated rings. The summed E-state index contributed by atoms with van der Waals surface area (Å²) < 4.78 is 32.0. The molecule has 0 unspecified atom stereocenters. The Bertz CT molecular complexity index is 540. The molecule has 0 spiro atoms. The lowest BCUT2D eigenvalue weighted by molar-refractivity contribution is 0.339. The smallest absolute Gasteiger partial charge is 0.214 e. The molecule has 5 nitrogen and oxygen atoms in total. The van der Waals surface area contributed by atoms with E-state index >= 15 is 0 Å². The van der Waals surface area contributed by atoms with Crippen molar-refractivity contribution < 1.29 is 13.2 Å².